The Bertz CT molecular complexity index is 310. The Morgan fingerprint density at radius 1 is 1.32 bits per heavy atom. The monoisotopic (exact) mass is 272 g/mol. The van der Waals surface area contributed by atoms with E-state index in [2.05, 4.69) is 10.6 Å². The molecule has 0 aliphatic carbocycles. The number of carbonyl (C=O) groups is 2. The second kappa shape index (κ2) is 7.45. The largest absolute Gasteiger partial charge is 0.480 e. The maximum Gasteiger partial charge on any atom is 0.329 e. The SMILES string of the molecule is CCC(CC)(NC(=O)COC1CCNCC1)C(=O)O. The van der Waals surface area contributed by atoms with Crippen LogP contribution < -0.4 is 10.6 Å². The third kappa shape index (κ3) is 4.47. The van der Waals surface area contributed by atoms with Crippen LogP contribution >= 0.6 is 0 Å². The van der Waals surface area contributed by atoms with Crippen LogP contribution in [-0.2, 0) is 14.3 Å². The van der Waals surface area contributed by atoms with E-state index in [1.54, 1.807) is 13.8 Å². The van der Waals surface area contributed by atoms with Gasteiger partial charge in [-0.3, -0.25) is 4.79 Å². The Morgan fingerprint density at radius 3 is 2.37 bits per heavy atom. The van der Waals surface area contributed by atoms with Crippen LogP contribution in [0.4, 0.5) is 0 Å². The highest BCUT2D eigenvalue weighted by Gasteiger charge is 2.36. The number of hydrogen-bond donors (Lipinski definition) is 3. The average Bonchev–Trinajstić information content (AvgIpc) is 2.43. The molecule has 1 saturated heterocycles. The first-order valence-corrected chi connectivity index (χ1v) is 6.90. The second-order valence-corrected chi connectivity index (χ2v) is 4.90. The molecule has 110 valence electrons. The van der Waals surface area contributed by atoms with Crippen molar-refractivity contribution in [3.63, 3.8) is 0 Å². The molecular weight excluding hydrogens is 248 g/mol. The molecule has 1 amide bonds. The highest BCUT2D eigenvalue weighted by molar-refractivity contribution is 5.87. The first-order chi connectivity index (χ1) is 9.04. The van der Waals surface area contributed by atoms with Crippen LogP contribution in [0.1, 0.15) is 39.5 Å². The van der Waals surface area contributed by atoms with Crippen molar-refractivity contribution in [2.75, 3.05) is 19.7 Å². The van der Waals surface area contributed by atoms with Crippen LogP contribution in [0, 0.1) is 0 Å². The molecule has 0 saturated carbocycles. The zero-order valence-corrected chi connectivity index (χ0v) is 11.7. The summed E-state index contributed by atoms with van der Waals surface area (Å²) in [6.07, 6.45) is 2.59. The lowest BCUT2D eigenvalue weighted by molar-refractivity contribution is -0.149. The van der Waals surface area contributed by atoms with Gasteiger partial charge in [0.25, 0.3) is 0 Å². The second-order valence-electron chi connectivity index (χ2n) is 4.90. The minimum atomic E-state index is -1.17. The molecule has 0 radical (unpaired) electrons. The molecule has 1 rings (SSSR count). The fourth-order valence-corrected chi connectivity index (χ4v) is 2.24. The Kier molecular flexibility index (Phi) is 6.24. The van der Waals surface area contributed by atoms with Gasteiger partial charge < -0.3 is 20.5 Å². The van der Waals surface area contributed by atoms with Gasteiger partial charge >= 0.3 is 5.97 Å². The summed E-state index contributed by atoms with van der Waals surface area (Å²) in [5.41, 5.74) is -1.17. The van der Waals surface area contributed by atoms with Gasteiger partial charge in [0.15, 0.2) is 0 Å². The van der Waals surface area contributed by atoms with Crippen molar-refractivity contribution in [1.82, 2.24) is 10.6 Å². The Balaban J connectivity index is 2.42. The van der Waals surface area contributed by atoms with Gasteiger partial charge in [0.05, 0.1) is 6.10 Å². The predicted octanol–water partition coefficient (Wildman–Crippen LogP) is 0.515. The Labute approximate surface area is 113 Å². The minimum absolute atomic E-state index is 0.0697. The van der Waals surface area contributed by atoms with Crippen LogP contribution in [0.25, 0.3) is 0 Å². The number of carbonyl (C=O) groups excluding carboxylic acids is 1. The van der Waals surface area contributed by atoms with Crippen molar-refractivity contribution in [3.05, 3.63) is 0 Å². The van der Waals surface area contributed by atoms with E-state index < -0.39 is 11.5 Å². The van der Waals surface area contributed by atoms with Crippen molar-refractivity contribution < 1.29 is 19.4 Å². The highest BCUT2D eigenvalue weighted by atomic mass is 16.5. The Hall–Kier alpha value is -1.14. The molecule has 0 atom stereocenters. The predicted molar refractivity (Wildman–Crippen MR) is 70.9 cm³/mol. The molecule has 0 spiro atoms. The van der Waals surface area contributed by atoms with Crippen LogP contribution in [0.3, 0.4) is 0 Å². The van der Waals surface area contributed by atoms with Crippen molar-refractivity contribution in [1.29, 1.82) is 0 Å². The smallest absolute Gasteiger partial charge is 0.329 e. The molecule has 1 heterocycles. The molecule has 3 N–H and O–H groups in total. The van der Waals surface area contributed by atoms with Crippen LogP contribution in [0.5, 0.6) is 0 Å². The number of rotatable bonds is 7. The van der Waals surface area contributed by atoms with Gasteiger partial charge in [-0.25, -0.2) is 4.79 Å². The lowest BCUT2D eigenvalue weighted by Gasteiger charge is -2.29. The molecule has 1 aliphatic heterocycles. The third-order valence-corrected chi connectivity index (χ3v) is 3.73. The molecule has 0 aromatic carbocycles. The normalized spacial score (nSPS) is 17.2. The minimum Gasteiger partial charge on any atom is -0.480 e. The van der Waals surface area contributed by atoms with E-state index in [0.717, 1.165) is 25.9 Å². The number of amides is 1. The van der Waals surface area contributed by atoms with E-state index in [9.17, 15) is 14.7 Å². The van der Waals surface area contributed by atoms with Gasteiger partial charge in [-0.15, -0.1) is 0 Å². The first-order valence-electron chi connectivity index (χ1n) is 6.90. The van der Waals surface area contributed by atoms with Crippen molar-refractivity contribution >= 4 is 11.9 Å². The van der Waals surface area contributed by atoms with Crippen LogP contribution in [0.15, 0.2) is 0 Å². The van der Waals surface area contributed by atoms with E-state index in [1.165, 1.54) is 0 Å². The third-order valence-electron chi connectivity index (χ3n) is 3.73. The van der Waals surface area contributed by atoms with Gasteiger partial charge in [0.1, 0.15) is 12.1 Å². The average molecular weight is 272 g/mol. The van der Waals surface area contributed by atoms with Crippen molar-refractivity contribution in [2.24, 2.45) is 0 Å². The van der Waals surface area contributed by atoms with Gasteiger partial charge in [0, 0.05) is 0 Å². The maximum atomic E-state index is 11.8. The highest BCUT2D eigenvalue weighted by Crippen LogP contribution is 2.15. The standard InChI is InChI=1S/C13H24N2O4/c1-3-13(4-2,12(17)18)15-11(16)9-19-10-5-7-14-8-6-10/h10,14H,3-9H2,1-2H3,(H,15,16)(H,17,18). The van der Waals surface area contributed by atoms with E-state index >= 15 is 0 Å². The van der Waals surface area contributed by atoms with Gasteiger partial charge in [-0.05, 0) is 38.8 Å². The van der Waals surface area contributed by atoms with E-state index in [4.69, 9.17) is 4.74 Å². The molecule has 19 heavy (non-hydrogen) atoms. The lowest BCUT2D eigenvalue weighted by atomic mass is 9.93. The lowest BCUT2D eigenvalue weighted by Crippen LogP contribution is -2.54. The fourth-order valence-electron chi connectivity index (χ4n) is 2.24. The Morgan fingerprint density at radius 2 is 1.89 bits per heavy atom. The van der Waals surface area contributed by atoms with Crippen molar-refractivity contribution in [2.45, 2.75) is 51.2 Å². The van der Waals surface area contributed by atoms with E-state index in [1.807, 2.05) is 0 Å². The number of hydrogen-bond acceptors (Lipinski definition) is 4. The molecule has 6 heteroatoms. The number of carboxylic acids is 1. The number of piperidine rings is 1. The summed E-state index contributed by atoms with van der Waals surface area (Å²) in [5, 5.41) is 15.0. The molecule has 6 nitrogen and oxygen atoms in total. The molecule has 0 aromatic rings. The molecule has 0 bridgehead atoms. The summed E-state index contributed by atoms with van der Waals surface area (Å²) >= 11 is 0. The topological polar surface area (TPSA) is 87.7 Å². The molecule has 1 aliphatic rings. The molecule has 1 fully saturated rings. The summed E-state index contributed by atoms with van der Waals surface area (Å²) in [4.78, 5) is 23.1. The zero-order chi connectivity index (χ0) is 14.3. The maximum absolute atomic E-state index is 11.8. The first kappa shape index (κ1) is 15.9. The van der Waals surface area contributed by atoms with E-state index in [0.29, 0.717) is 12.8 Å². The number of nitrogens with one attached hydrogen (secondary N) is 2. The van der Waals surface area contributed by atoms with Gasteiger partial charge in [-0.1, -0.05) is 13.8 Å². The van der Waals surface area contributed by atoms with Crippen LogP contribution in [0.2, 0.25) is 0 Å². The summed E-state index contributed by atoms with van der Waals surface area (Å²) < 4.78 is 5.51. The van der Waals surface area contributed by atoms with Gasteiger partial charge in [0.2, 0.25) is 5.91 Å². The summed E-state index contributed by atoms with van der Waals surface area (Å²) in [6, 6.07) is 0. The molecule has 0 aromatic heterocycles. The number of aliphatic carboxylic acids is 1. The number of ether oxygens (including phenoxy) is 1. The molecular formula is C13H24N2O4. The van der Waals surface area contributed by atoms with E-state index in [-0.39, 0.29) is 18.6 Å². The zero-order valence-electron chi connectivity index (χ0n) is 11.7. The van der Waals surface area contributed by atoms with Gasteiger partial charge in [-0.2, -0.15) is 0 Å². The van der Waals surface area contributed by atoms with Crippen LogP contribution in [-0.4, -0.2) is 48.3 Å². The fraction of sp³-hybridized carbons (Fsp3) is 0.846. The summed E-state index contributed by atoms with van der Waals surface area (Å²) in [5.74, 6) is -1.35. The summed E-state index contributed by atoms with van der Waals surface area (Å²) in [6.45, 7) is 5.24. The van der Waals surface area contributed by atoms with Crippen molar-refractivity contribution in [3.8, 4) is 0 Å². The number of carboxylic acid groups (broad SMARTS) is 1. The summed E-state index contributed by atoms with van der Waals surface area (Å²) in [7, 11) is 0. The molecule has 0 unspecified atom stereocenters. The quantitative estimate of drug-likeness (QED) is 0.628.